The van der Waals surface area contributed by atoms with Gasteiger partial charge < -0.3 is 15.2 Å². The minimum Gasteiger partial charge on any atom is -0.490 e. The van der Waals surface area contributed by atoms with E-state index >= 15 is 0 Å². The lowest BCUT2D eigenvalue weighted by atomic mass is 9.91. The first-order valence-corrected chi connectivity index (χ1v) is 9.45. The molecule has 0 fully saturated rings. The number of aryl methyl sites for hydroxylation is 1. The third kappa shape index (κ3) is 4.99. The number of hydrogen-bond acceptors (Lipinski definition) is 3. The number of fused-ring (bicyclic) bond motifs is 1. The summed E-state index contributed by atoms with van der Waals surface area (Å²) in [6, 6.07) is 16.5. The van der Waals surface area contributed by atoms with Gasteiger partial charge in [-0.2, -0.15) is 0 Å². The molecule has 0 bridgehead atoms. The van der Waals surface area contributed by atoms with Crippen LogP contribution in [0.4, 0.5) is 0 Å². The normalized spacial score (nSPS) is 17.4. The van der Waals surface area contributed by atoms with Gasteiger partial charge in [-0.1, -0.05) is 49.7 Å². The van der Waals surface area contributed by atoms with Gasteiger partial charge in [0.2, 0.25) is 0 Å². The zero-order valence-electron chi connectivity index (χ0n) is 15.1. The van der Waals surface area contributed by atoms with Gasteiger partial charge in [0, 0.05) is 6.07 Å². The summed E-state index contributed by atoms with van der Waals surface area (Å²) >= 11 is 0. The van der Waals surface area contributed by atoms with Gasteiger partial charge in [0.25, 0.3) is 0 Å². The number of rotatable bonds is 8. The highest BCUT2D eigenvalue weighted by Crippen LogP contribution is 2.34. The van der Waals surface area contributed by atoms with E-state index < -0.39 is 0 Å². The monoisotopic (exact) mass is 339 g/mol. The molecule has 2 N–H and O–H groups in total. The fourth-order valence-electron chi connectivity index (χ4n) is 3.50. The van der Waals surface area contributed by atoms with Gasteiger partial charge in [-0.3, -0.25) is 0 Å². The molecule has 2 atom stereocenters. The van der Waals surface area contributed by atoms with Crippen molar-refractivity contribution in [3.05, 3.63) is 59.7 Å². The third-order valence-corrected chi connectivity index (χ3v) is 5.06. The highest BCUT2D eigenvalue weighted by atomic mass is 16.5. The van der Waals surface area contributed by atoms with E-state index in [2.05, 4.69) is 31.2 Å². The van der Waals surface area contributed by atoms with Crippen molar-refractivity contribution in [1.82, 2.24) is 0 Å². The molecule has 2 unspecified atom stereocenters. The largest absolute Gasteiger partial charge is 0.490 e. The van der Waals surface area contributed by atoms with E-state index in [9.17, 15) is 0 Å². The maximum Gasteiger partial charge on any atom is 0.126 e. The third-order valence-electron chi connectivity index (χ3n) is 5.06. The van der Waals surface area contributed by atoms with Crippen LogP contribution in [-0.4, -0.2) is 12.6 Å². The van der Waals surface area contributed by atoms with Crippen molar-refractivity contribution < 1.29 is 9.47 Å². The molecule has 0 saturated heterocycles. The summed E-state index contributed by atoms with van der Waals surface area (Å²) in [4.78, 5) is 0. The molecule has 3 nitrogen and oxygen atoms in total. The van der Waals surface area contributed by atoms with Crippen molar-refractivity contribution in [3.8, 4) is 11.5 Å². The molecule has 0 aliphatic carbocycles. The maximum atomic E-state index is 6.28. The van der Waals surface area contributed by atoms with E-state index in [1.165, 1.54) is 17.5 Å². The summed E-state index contributed by atoms with van der Waals surface area (Å²) in [5.41, 5.74) is 8.19. The predicted molar refractivity (Wildman–Crippen MR) is 102 cm³/mol. The van der Waals surface area contributed by atoms with E-state index in [-0.39, 0.29) is 0 Å². The van der Waals surface area contributed by atoms with Gasteiger partial charge >= 0.3 is 0 Å². The van der Waals surface area contributed by atoms with Gasteiger partial charge in [-0.25, -0.2) is 0 Å². The molecule has 1 aliphatic rings. The van der Waals surface area contributed by atoms with E-state index in [1.807, 2.05) is 24.3 Å². The molecule has 0 radical (unpaired) electrons. The molecule has 0 saturated carbocycles. The summed E-state index contributed by atoms with van der Waals surface area (Å²) in [5.74, 6) is 2.52. The van der Waals surface area contributed by atoms with Gasteiger partial charge in [0.1, 0.15) is 18.1 Å². The number of nitrogens with two attached hydrogens (primary N) is 1. The molecule has 0 aromatic heterocycles. The smallest absolute Gasteiger partial charge is 0.126 e. The Morgan fingerprint density at radius 1 is 1.20 bits per heavy atom. The van der Waals surface area contributed by atoms with E-state index in [4.69, 9.17) is 15.2 Å². The molecule has 3 rings (SSSR count). The van der Waals surface area contributed by atoms with Gasteiger partial charge in [0.15, 0.2) is 0 Å². The molecule has 1 aliphatic heterocycles. The Kier molecular flexibility index (Phi) is 6.35. The molecule has 3 heteroatoms. The van der Waals surface area contributed by atoms with Crippen LogP contribution in [-0.2, 0) is 13.0 Å². The Labute approximate surface area is 151 Å². The standard InChI is InChI=1S/C22H29NO2/c1-2-17(12-13-23)14-21-11-9-19-8-10-20(15-22(19)25-21)24-16-18-6-4-3-5-7-18/h3-8,10,15,17,21H,2,9,11-14,16,23H2,1H3. The van der Waals surface area contributed by atoms with Crippen LogP contribution in [0.5, 0.6) is 11.5 Å². The van der Waals surface area contributed by atoms with Crippen molar-refractivity contribution in [2.24, 2.45) is 11.7 Å². The first-order chi connectivity index (χ1) is 12.3. The predicted octanol–water partition coefficient (Wildman–Crippen LogP) is 4.72. The minimum absolute atomic E-state index is 0.299. The lowest BCUT2D eigenvalue weighted by molar-refractivity contribution is 0.138. The van der Waals surface area contributed by atoms with E-state index in [0.717, 1.165) is 43.7 Å². The average Bonchev–Trinajstić information content (AvgIpc) is 2.66. The first kappa shape index (κ1) is 17.8. The SMILES string of the molecule is CCC(CCN)CC1CCc2ccc(OCc3ccccc3)cc2O1. The van der Waals surface area contributed by atoms with Crippen LogP contribution in [0.1, 0.15) is 43.7 Å². The zero-order valence-corrected chi connectivity index (χ0v) is 15.1. The fraction of sp³-hybridized carbons (Fsp3) is 0.455. The molecule has 134 valence electrons. The highest BCUT2D eigenvalue weighted by Gasteiger charge is 2.23. The van der Waals surface area contributed by atoms with Crippen LogP contribution in [0.25, 0.3) is 0 Å². The van der Waals surface area contributed by atoms with Crippen molar-refractivity contribution in [2.45, 2.75) is 51.7 Å². The topological polar surface area (TPSA) is 44.5 Å². The van der Waals surface area contributed by atoms with Crippen molar-refractivity contribution >= 4 is 0 Å². The summed E-state index contributed by atoms with van der Waals surface area (Å²) in [6.45, 7) is 3.59. The van der Waals surface area contributed by atoms with Crippen molar-refractivity contribution in [1.29, 1.82) is 0 Å². The summed E-state index contributed by atoms with van der Waals surface area (Å²) in [6.07, 6.45) is 5.83. The number of ether oxygens (including phenoxy) is 2. The van der Waals surface area contributed by atoms with E-state index in [1.54, 1.807) is 0 Å². The van der Waals surface area contributed by atoms with Crippen LogP contribution in [0.3, 0.4) is 0 Å². The van der Waals surface area contributed by atoms with Crippen molar-refractivity contribution in [2.75, 3.05) is 6.54 Å². The van der Waals surface area contributed by atoms with Crippen LogP contribution < -0.4 is 15.2 Å². The Hall–Kier alpha value is -2.00. The number of hydrogen-bond donors (Lipinski definition) is 1. The number of benzene rings is 2. The maximum absolute atomic E-state index is 6.28. The minimum atomic E-state index is 0.299. The lowest BCUT2D eigenvalue weighted by Crippen LogP contribution is -2.26. The molecule has 1 heterocycles. The van der Waals surface area contributed by atoms with Crippen LogP contribution in [0.15, 0.2) is 48.5 Å². The highest BCUT2D eigenvalue weighted by molar-refractivity contribution is 5.42. The van der Waals surface area contributed by atoms with Crippen LogP contribution in [0, 0.1) is 5.92 Å². The van der Waals surface area contributed by atoms with Crippen LogP contribution in [0.2, 0.25) is 0 Å². The zero-order chi connectivity index (χ0) is 17.5. The van der Waals surface area contributed by atoms with Crippen LogP contribution >= 0.6 is 0 Å². The second-order valence-corrected chi connectivity index (χ2v) is 6.91. The molecule has 0 spiro atoms. The lowest BCUT2D eigenvalue weighted by Gasteiger charge is -2.29. The second-order valence-electron chi connectivity index (χ2n) is 6.91. The van der Waals surface area contributed by atoms with E-state index in [0.29, 0.717) is 18.6 Å². The quantitative estimate of drug-likeness (QED) is 0.756. The Morgan fingerprint density at radius 3 is 2.80 bits per heavy atom. The van der Waals surface area contributed by atoms with Gasteiger partial charge in [0.05, 0.1) is 6.10 Å². The second kappa shape index (κ2) is 8.91. The molecule has 2 aromatic rings. The Morgan fingerprint density at radius 2 is 2.04 bits per heavy atom. The molecule has 2 aromatic carbocycles. The average molecular weight is 339 g/mol. The first-order valence-electron chi connectivity index (χ1n) is 9.45. The Bertz CT molecular complexity index is 656. The van der Waals surface area contributed by atoms with Crippen molar-refractivity contribution in [3.63, 3.8) is 0 Å². The molecule has 0 amide bonds. The summed E-state index contributed by atoms with van der Waals surface area (Å²) in [7, 11) is 0. The van der Waals surface area contributed by atoms with Gasteiger partial charge in [-0.15, -0.1) is 0 Å². The Balaban J connectivity index is 1.61. The summed E-state index contributed by atoms with van der Waals surface area (Å²) in [5, 5.41) is 0. The van der Waals surface area contributed by atoms with Gasteiger partial charge in [-0.05, 0) is 55.3 Å². The summed E-state index contributed by atoms with van der Waals surface area (Å²) < 4.78 is 12.2. The molecule has 25 heavy (non-hydrogen) atoms. The molecular formula is C22H29NO2. The molecular weight excluding hydrogens is 310 g/mol. The fourth-order valence-corrected chi connectivity index (χ4v) is 3.50.